The molecule has 3 aromatic carbocycles. The van der Waals surface area contributed by atoms with Crippen LogP contribution in [0.2, 0.25) is 0 Å². The molecule has 0 saturated carbocycles. The van der Waals surface area contributed by atoms with Crippen LogP contribution < -0.4 is 10.2 Å². The highest BCUT2D eigenvalue weighted by Crippen LogP contribution is 2.45. The minimum Gasteiger partial charge on any atom is -0.480 e. The molecule has 0 aliphatic carbocycles. The molecule has 4 amide bonds. The van der Waals surface area contributed by atoms with Gasteiger partial charge in [0.2, 0.25) is 0 Å². The number of anilines is 1. The number of H-pyrrole nitrogens is 1. The lowest BCUT2D eigenvalue weighted by Crippen LogP contribution is -2.44. The van der Waals surface area contributed by atoms with Crippen molar-refractivity contribution in [2.45, 2.75) is 64.6 Å². The Morgan fingerprint density at radius 2 is 1.64 bits per heavy atom. The first-order valence-electron chi connectivity index (χ1n) is 15.0. The fourth-order valence-corrected chi connectivity index (χ4v) is 6.50. The Morgan fingerprint density at radius 1 is 0.955 bits per heavy atom. The summed E-state index contributed by atoms with van der Waals surface area (Å²) in [6.07, 6.45) is 0.564. The number of carbonyl (C=O) groups excluding carboxylic acids is 3. The first-order valence-corrected chi connectivity index (χ1v) is 15.0. The Morgan fingerprint density at radius 3 is 2.32 bits per heavy atom. The number of aliphatic carboxylic acids is 1. The van der Waals surface area contributed by atoms with Gasteiger partial charge in [-0.05, 0) is 53.1 Å². The lowest BCUT2D eigenvalue weighted by molar-refractivity contribution is -0.139. The van der Waals surface area contributed by atoms with Crippen molar-refractivity contribution in [3.63, 3.8) is 0 Å². The summed E-state index contributed by atoms with van der Waals surface area (Å²) in [6, 6.07) is 19.4. The summed E-state index contributed by atoms with van der Waals surface area (Å²) in [5.41, 5.74) is 5.03. The summed E-state index contributed by atoms with van der Waals surface area (Å²) in [7, 11) is 0. The maximum atomic E-state index is 14.4. The fourth-order valence-electron chi connectivity index (χ4n) is 6.50. The third kappa shape index (κ3) is 4.92. The van der Waals surface area contributed by atoms with Gasteiger partial charge in [-0.2, -0.15) is 0 Å². The zero-order chi connectivity index (χ0) is 31.3. The van der Waals surface area contributed by atoms with Gasteiger partial charge in [-0.1, -0.05) is 82.3 Å². The van der Waals surface area contributed by atoms with E-state index in [4.69, 9.17) is 0 Å². The van der Waals surface area contributed by atoms with E-state index in [1.54, 1.807) is 23.1 Å². The molecular weight excluding hydrogens is 556 g/mol. The van der Waals surface area contributed by atoms with E-state index in [2.05, 4.69) is 36.3 Å². The zero-order valence-corrected chi connectivity index (χ0v) is 25.2. The average molecular weight is 593 g/mol. The second-order valence-corrected chi connectivity index (χ2v) is 12.4. The van der Waals surface area contributed by atoms with Crippen LogP contribution in [0.1, 0.15) is 78.8 Å². The molecule has 2 aliphatic rings. The van der Waals surface area contributed by atoms with Gasteiger partial charge in [-0.3, -0.25) is 14.5 Å². The normalized spacial score (nSPS) is 18.6. The molecule has 0 radical (unpaired) electrons. The molecule has 9 nitrogen and oxygen atoms in total. The van der Waals surface area contributed by atoms with Crippen molar-refractivity contribution in [1.29, 1.82) is 0 Å². The molecule has 0 spiro atoms. The summed E-state index contributed by atoms with van der Waals surface area (Å²) < 4.78 is 0. The summed E-state index contributed by atoms with van der Waals surface area (Å²) in [5.74, 6) is -1.86. The topological polar surface area (TPSA) is 123 Å². The predicted octanol–water partition coefficient (Wildman–Crippen LogP) is 6.00. The van der Waals surface area contributed by atoms with E-state index in [9.17, 15) is 24.3 Å². The molecule has 226 valence electrons. The number of para-hydroxylation sites is 2. The number of fused-ring (bicyclic) bond motifs is 4. The molecule has 1 saturated heterocycles. The van der Waals surface area contributed by atoms with Crippen LogP contribution in [0.25, 0.3) is 10.9 Å². The monoisotopic (exact) mass is 592 g/mol. The predicted molar refractivity (Wildman–Crippen MR) is 168 cm³/mol. The number of nitrogens with one attached hydrogen (secondary N) is 2. The van der Waals surface area contributed by atoms with Crippen LogP contribution in [-0.2, 0) is 16.0 Å². The standard InChI is InChI=1S/C35H36N4O5/c1-19(2)17-27(34(42)43)37-32(40)24-10-6-8-12-28(24)39-33(41)29-18-25-23-9-5-7-11-26(23)36-30(25)31(38(29)35(39)44)22-15-13-21(14-16-22)20(3)4/h5-16,19-20,27,29,31,36H,17-18H2,1-4H3,(H,37,40)(H,42,43)/t27-,29-,31-/m0/s1. The van der Waals surface area contributed by atoms with Crippen LogP contribution in [0, 0.1) is 5.92 Å². The average Bonchev–Trinajstić information content (AvgIpc) is 3.49. The molecule has 9 heteroatoms. The van der Waals surface area contributed by atoms with E-state index in [-0.39, 0.29) is 23.6 Å². The number of benzene rings is 3. The number of amides is 4. The first-order chi connectivity index (χ1) is 21.1. The van der Waals surface area contributed by atoms with Crippen LogP contribution in [0.4, 0.5) is 10.5 Å². The number of carboxylic acids is 1. The molecule has 3 heterocycles. The van der Waals surface area contributed by atoms with Crippen LogP contribution in [-0.4, -0.2) is 50.9 Å². The third-order valence-electron chi connectivity index (χ3n) is 8.67. The SMILES string of the molecule is CC(C)C[C@H](NC(=O)c1ccccc1N1C(=O)[C@@H]2Cc3c([nH]c4ccccc34)[C@H](c3ccc(C(C)C)cc3)N2C1=O)C(=O)O. The van der Waals surface area contributed by atoms with Crippen molar-refractivity contribution in [2.24, 2.45) is 5.92 Å². The Hall–Kier alpha value is -4.92. The molecule has 0 unspecified atom stereocenters. The molecular formula is C35H36N4O5. The van der Waals surface area contributed by atoms with Gasteiger partial charge in [0, 0.05) is 23.0 Å². The number of aromatic amines is 1. The van der Waals surface area contributed by atoms with E-state index in [1.807, 2.05) is 50.2 Å². The Bertz CT molecular complexity index is 1770. The number of hydrogen-bond donors (Lipinski definition) is 3. The van der Waals surface area contributed by atoms with Crippen molar-refractivity contribution < 1.29 is 24.3 Å². The number of carboxylic acid groups (broad SMARTS) is 1. The van der Waals surface area contributed by atoms with Crippen molar-refractivity contribution in [3.05, 3.63) is 101 Å². The van der Waals surface area contributed by atoms with Crippen molar-refractivity contribution in [2.75, 3.05) is 4.90 Å². The van der Waals surface area contributed by atoms with E-state index >= 15 is 0 Å². The highest BCUT2D eigenvalue weighted by molar-refractivity contribution is 6.24. The Kier molecular flexibility index (Phi) is 7.49. The van der Waals surface area contributed by atoms with Crippen molar-refractivity contribution in [3.8, 4) is 0 Å². The third-order valence-corrected chi connectivity index (χ3v) is 8.67. The minimum absolute atomic E-state index is 0.0315. The number of carbonyl (C=O) groups is 4. The molecule has 3 atom stereocenters. The van der Waals surface area contributed by atoms with Crippen LogP contribution in [0.15, 0.2) is 72.8 Å². The fraction of sp³-hybridized carbons (Fsp3) is 0.314. The van der Waals surface area contributed by atoms with Gasteiger partial charge in [-0.15, -0.1) is 0 Å². The first kappa shape index (κ1) is 29.2. The number of aromatic nitrogens is 1. The van der Waals surface area contributed by atoms with Gasteiger partial charge in [0.15, 0.2) is 0 Å². The second-order valence-electron chi connectivity index (χ2n) is 12.4. The van der Waals surface area contributed by atoms with Gasteiger partial charge >= 0.3 is 12.0 Å². The number of urea groups is 1. The summed E-state index contributed by atoms with van der Waals surface area (Å²) >= 11 is 0. The van der Waals surface area contributed by atoms with Crippen molar-refractivity contribution in [1.82, 2.24) is 15.2 Å². The quantitative estimate of drug-likeness (QED) is 0.217. The van der Waals surface area contributed by atoms with Gasteiger partial charge in [-0.25, -0.2) is 14.5 Å². The maximum absolute atomic E-state index is 14.4. The summed E-state index contributed by atoms with van der Waals surface area (Å²) in [6.45, 7) is 7.99. The number of nitrogens with zero attached hydrogens (tertiary/aromatic N) is 2. The van der Waals surface area contributed by atoms with Gasteiger partial charge in [0.05, 0.1) is 11.3 Å². The van der Waals surface area contributed by atoms with E-state index in [1.165, 1.54) is 11.6 Å². The number of rotatable bonds is 8. The van der Waals surface area contributed by atoms with E-state index in [0.29, 0.717) is 12.3 Å². The molecule has 4 aromatic rings. The van der Waals surface area contributed by atoms with Gasteiger partial charge in [0.25, 0.3) is 11.8 Å². The van der Waals surface area contributed by atoms with Crippen LogP contribution in [0.3, 0.4) is 0 Å². The van der Waals surface area contributed by atoms with E-state index in [0.717, 1.165) is 32.6 Å². The molecule has 0 bridgehead atoms. The molecule has 2 aliphatic heterocycles. The highest BCUT2D eigenvalue weighted by Gasteiger charge is 2.53. The molecule has 6 rings (SSSR count). The maximum Gasteiger partial charge on any atom is 0.332 e. The van der Waals surface area contributed by atoms with Gasteiger partial charge < -0.3 is 15.4 Å². The minimum atomic E-state index is -1.14. The lowest BCUT2D eigenvalue weighted by atomic mass is 9.88. The Balaban J connectivity index is 1.42. The molecule has 3 N–H and O–H groups in total. The number of imide groups is 1. The van der Waals surface area contributed by atoms with Crippen LogP contribution in [0.5, 0.6) is 0 Å². The van der Waals surface area contributed by atoms with Crippen LogP contribution >= 0.6 is 0 Å². The second kappa shape index (κ2) is 11.3. The Labute approximate surface area is 255 Å². The smallest absolute Gasteiger partial charge is 0.332 e. The van der Waals surface area contributed by atoms with Crippen molar-refractivity contribution >= 4 is 40.4 Å². The molecule has 1 aromatic heterocycles. The zero-order valence-electron chi connectivity index (χ0n) is 25.2. The molecule has 1 fully saturated rings. The van der Waals surface area contributed by atoms with E-state index < -0.39 is 41.9 Å². The number of hydrogen-bond acceptors (Lipinski definition) is 4. The summed E-state index contributed by atoms with van der Waals surface area (Å²) in [5, 5.41) is 13.3. The largest absolute Gasteiger partial charge is 0.480 e. The highest BCUT2D eigenvalue weighted by atomic mass is 16.4. The summed E-state index contributed by atoms with van der Waals surface area (Å²) in [4.78, 5) is 60.2. The molecule has 44 heavy (non-hydrogen) atoms. The lowest BCUT2D eigenvalue weighted by Gasteiger charge is -2.36. The van der Waals surface area contributed by atoms with Gasteiger partial charge in [0.1, 0.15) is 18.1 Å².